The normalized spacial score (nSPS) is 15.8. The lowest BCUT2D eigenvalue weighted by atomic mass is 10.0. The van der Waals surface area contributed by atoms with E-state index in [4.69, 9.17) is 5.73 Å². The number of amides is 1. The first kappa shape index (κ1) is 13.8. The van der Waals surface area contributed by atoms with E-state index in [0.717, 1.165) is 13.0 Å². The monoisotopic (exact) mass is 255 g/mol. The van der Waals surface area contributed by atoms with Gasteiger partial charge in [-0.15, -0.1) is 12.4 Å². The van der Waals surface area contributed by atoms with Crippen LogP contribution in [0, 0.1) is 5.41 Å². The Balaban J connectivity index is 0.00000144. The second kappa shape index (κ2) is 5.36. The van der Waals surface area contributed by atoms with Gasteiger partial charge in [-0.05, 0) is 36.8 Å². The average molecular weight is 256 g/mol. The van der Waals surface area contributed by atoms with Crippen molar-refractivity contribution in [3.8, 4) is 0 Å². The van der Waals surface area contributed by atoms with Gasteiger partial charge in [0.25, 0.3) is 5.91 Å². The minimum absolute atomic E-state index is 0. The van der Waals surface area contributed by atoms with Crippen molar-refractivity contribution in [2.45, 2.75) is 26.2 Å². The van der Waals surface area contributed by atoms with E-state index in [1.165, 1.54) is 12.8 Å². The zero-order valence-corrected chi connectivity index (χ0v) is 10.7. The molecule has 94 valence electrons. The van der Waals surface area contributed by atoms with Crippen LogP contribution in [0.4, 0.5) is 5.82 Å². The highest BCUT2D eigenvalue weighted by Gasteiger charge is 2.40. The van der Waals surface area contributed by atoms with Gasteiger partial charge < -0.3 is 11.1 Å². The molecule has 1 heterocycles. The fourth-order valence-electron chi connectivity index (χ4n) is 1.77. The summed E-state index contributed by atoms with van der Waals surface area (Å²) in [5.74, 6) is 0.247. The number of nitrogen functional groups attached to an aromatic ring is 1. The van der Waals surface area contributed by atoms with Crippen LogP contribution < -0.4 is 11.1 Å². The van der Waals surface area contributed by atoms with Crippen molar-refractivity contribution in [3.63, 3.8) is 0 Å². The molecule has 0 saturated heterocycles. The van der Waals surface area contributed by atoms with E-state index < -0.39 is 0 Å². The van der Waals surface area contributed by atoms with Crippen molar-refractivity contribution >= 4 is 24.1 Å². The molecule has 1 aromatic rings. The Morgan fingerprint density at radius 3 is 2.76 bits per heavy atom. The molecule has 0 aromatic carbocycles. The Bertz CT molecular complexity index is 404. The van der Waals surface area contributed by atoms with E-state index in [1.54, 1.807) is 18.2 Å². The summed E-state index contributed by atoms with van der Waals surface area (Å²) in [6.07, 6.45) is 3.56. The minimum atomic E-state index is -0.132. The van der Waals surface area contributed by atoms with Gasteiger partial charge in [-0.1, -0.05) is 13.0 Å². The number of anilines is 1. The molecule has 0 aliphatic heterocycles. The van der Waals surface area contributed by atoms with Crippen molar-refractivity contribution in [3.05, 3.63) is 23.9 Å². The van der Waals surface area contributed by atoms with Gasteiger partial charge in [-0.3, -0.25) is 4.79 Å². The predicted molar refractivity (Wildman–Crippen MR) is 70.2 cm³/mol. The van der Waals surface area contributed by atoms with Crippen LogP contribution in [0.5, 0.6) is 0 Å². The van der Waals surface area contributed by atoms with Gasteiger partial charge in [0.2, 0.25) is 0 Å². The number of nitrogens with zero attached hydrogens (tertiary/aromatic N) is 1. The van der Waals surface area contributed by atoms with Crippen LogP contribution in [0.25, 0.3) is 0 Å². The van der Waals surface area contributed by atoms with Gasteiger partial charge in [0.1, 0.15) is 11.5 Å². The second-order valence-electron chi connectivity index (χ2n) is 4.48. The van der Waals surface area contributed by atoms with Gasteiger partial charge in [0.05, 0.1) is 0 Å². The molecule has 0 atom stereocenters. The maximum absolute atomic E-state index is 11.8. The standard InChI is InChI=1S/C12H17N3O.ClH/c1-2-12(6-7-12)8-14-11(16)9-4-3-5-10(13)15-9;/h3-5H,2,6-8H2,1H3,(H2,13,15)(H,14,16);1H. The van der Waals surface area contributed by atoms with Crippen molar-refractivity contribution < 1.29 is 4.79 Å². The maximum atomic E-state index is 11.8. The zero-order chi connectivity index (χ0) is 11.6. The van der Waals surface area contributed by atoms with E-state index in [1.807, 2.05) is 0 Å². The molecule has 0 unspecified atom stereocenters. The number of hydrogen-bond donors (Lipinski definition) is 2. The molecule has 1 aromatic heterocycles. The van der Waals surface area contributed by atoms with E-state index in [0.29, 0.717) is 16.9 Å². The number of carbonyl (C=O) groups is 1. The van der Waals surface area contributed by atoms with Crippen LogP contribution >= 0.6 is 12.4 Å². The molecular weight excluding hydrogens is 238 g/mol. The van der Waals surface area contributed by atoms with Crippen molar-refractivity contribution in [2.24, 2.45) is 5.41 Å². The highest BCUT2D eigenvalue weighted by atomic mass is 35.5. The van der Waals surface area contributed by atoms with E-state index in [-0.39, 0.29) is 18.3 Å². The number of halogens is 1. The average Bonchev–Trinajstić information content (AvgIpc) is 3.07. The topological polar surface area (TPSA) is 68.0 Å². The third-order valence-corrected chi connectivity index (χ3v) is 3.33. The van der Waals surface area contributed by atoms with Crippen LogP contribution in [0.1, 0.15) is 36.7 Å². The molecule has 0 radical (unpaired) electrons. The van der Waals surface area contributed by atoms with E-state index in [2.05, 4.69) is 17.2 Å². The largest absolute Gasteiger partial charge is 0.384 e. The summed E-state index contributed by atoms with van der Waals surface area (Å²) in [5, 5.41) is 2.92. The number of nitrogens with two attached hydrogens (primary N) is 1. The van der Waals surface area contributed by atoms with Crippen molar-refractivity contribution in [1.29, 1.82) is 0 Å². The molecule has 1 aliphatic rings. The summed E-state index contributed by atoms with van der Waals surface area (Å²) in [7, 11) is 0. The predicted octanol–water partition coefficient (Wildman–Crippen LogP) is 2.01. The Morgan fingerprint density at radius 2 is 2.24 bits per heavy atom. The second-order valence-corrected chi connectivity index (χ2v) is 4.48. The molecular formula is C12H18ClN3O. The van der Waals surface area contributed by atoms with Gasteiger partial charge in [-0.25, -0.2) is 4.98 Å². The van der Waals surface area contributed by atoms with Gasteiger partial charge >= 0.3 is 0 Å². The molecule has 3 N–H and O–H groups in total. The number of hydrogen-bond acceptors (Lipinski definition) is 3. The lowest BCUT2D eigenvalue weighted by Gasteiger charge is -2.13. The van der Waals surface area contributed by atoms with Crippen LogP contribution in [0.3, 0.4) is 0 Å². The fraction of sp³-hybridized carbons (Fsp3) is 0.500. The Hall–Kier alpha value is -1.29. The fourth-order valence-corrected chi connectivity index (χ4v) is 1.77. The molecule has 2 rings (SSSR count). The lowest BCUT2D eigenvalue weighted by Crippen LogP contribution is -2.30. The van der Waals surface area contributed by atoms with Crippen LogP contribution in [-0.2, 0) is 0 Å². The van der Waals surface area contributed by atoms with Crippen molar-refractivity contribution in [1.82, 2.24) is 10.3 Å². The molecule has 0 bridgehead atoms. The molecule has 1 saturated carbocycles. The molecule has 4 nitrogen and oxygen atoms in total. The summed E-state index contributed by atoms with van der Waals surface area (Å²) in [5.41, 5.74) is 6.28. The minimum Gasteiger partial charge on any atom is -0.384 e. The van der Waals surface area contributed by atoms with Gasteiger partial charge in [0, 0.05) is 6.54 Å². The zero-order valence-electron chi connectivity index (χ0n) is 9.90. The first-order chi connectivity index (χ1) is 7.65. The lowest BCUT2D eigenvalue weighted by molar-refractivity contribution is 0.0939. The Labute approximate surface area is 107 Å². The molecule has 5 heteroatoms. The van der Waals surface area contributed by atoms with Gasteiger partial charge in [-0.2, -0.15) is 0 Å². The maximum Gasteiger partial charge on any atom is 0.269 e. The number of aromatic nitrogens is 1. The summed E-state index contributed by atoms with van der Waals surface area (Å²) in [6.45, 7) is 2.91. The smallest absolute Gasteiger partial charge is 0.269 e. The molecule has 17 heavy (non-hydrogen) atoms. The van der Waals surface area contributed by atoms with E-state index >= 15 is 0 Å². The summed E-state index contributed by atoms with van der Waals surface area (Å²) < 4.78 is 0. The quantitative estimate of drug-likeness (QED) is 0.865. The first-order valence-electron chi connectivity index (χ1n) is 5.66. The highest BCUT2D eigenvalue weighted by molar-refractivity contribution is 5.92. The number of carbonyl (C=O) groups excluding carboxylic acids is 1. The number of pyridine rings is 1. The Kier molecular flexibility index (Phi) is 4.34. The first-order valence-corrected chi connectivity index (χ1v) is 5.66. The molecule has 0 spiro atoms. The summed E-state index contributed by atoms with van der Waals surface area (Å²) in [4.78, 5) is 15.7. The van der Waals surface area contributed by atoms with Crippen molar-refractivity contribution in [2.75, 3.05) is 12.3 Å². The number of nitrogens with one attached hydrogen (secondary N) is 1. The van der Waals surface area contributed by atoms with Crippen LogP contribution in [0.15, 0.2) is 18.2 Å². The number of rotatable bonds is 4. The Morgan fingerprint density at radius 1 is 1.53 bits per heavy atom. The molecule has 1 aliphatic carbocycles. The third kappa shape index (κ3) is 3.33. The summed E-state index contributed by atoms with van der Waals surface area (Å²) in [6, 6.07) is 5.09. The van der Waals surface area contributed by atoms with Gasteiger partial charge in [0.15, 0.2) is 0 Å². The summed E-state index contributed by atoms with van der Waals surface area (Å²) >= 11 is 0. The third-order valence-electron chi connectivity index (χ3n) is 3.33. The van der Waals surface area contributed by atoms with Crippen LogP contribution in [0.2, 0.25) is 0 Å². The molecule has 1 fully saturated rings. The molecule has 1 amide bonds. The SMILES string of the molecule is CCC1(CNC(=O)c2cccc(N)n2)CC1.Cl. The highest BCUT2D eigenvalue weighted by Crippen LogP contribution is 2.47. The van der Waals surface area contributed by atoms with E-state index in [9.17, 15) is 4.79 Å². The van der Waals surface area contributed by atoms with Crippen LogP contribution in [-0.4, -0.2) is 17.4 Å².